The molecule has 0 aliphatic heterocycles. The fraction of sp³-hybridized carbons (Fsp3) is 0.105. The molecule has 0 atom stereocenters. The van der Waals surface area contributed by atoms with Crippen LogP contribution in [0.2, 0.25) is 5.02 Å². The molecule has 5 aromatic carbocycles. The van der Waals surface area contributed by atoms with Gasteiger partial charge in [-0.1, -0.05) is 72.3 Å². The minimum atomic E-state index is -4.37. The van der Waals surface area contributed by atoms with Gasteiger partial charge in [0, 0.05) is 27.1 Å². The normalized spacial score (nSPS) is 11.8. The summed E-state index contributed by atoms with van der Waals surface area (Å²) in [5, 5.41) is 11.1. The van der Waals surface area contributed by atoms with Gasteiger partial charge in [-0.25, -0.2) is 26.4 Å². The van der Waals surface area contributed by atoms with E-state index >= 15 is 0 Å². The summed E-state index contributed by atoms with van der Waals surface area (Å²) >= 11 is 6.64. The lowest BCUT2D eigenvalue weighted by Gasteiger charge is -2.19. The van der Waals surface area contributed by atoms with Crippen LogP contribution in [0.15, 0.2) is 114 Å². The molecule has 7 nitrogen and oxygen atoms in total. The van der Waals surface area contributed by atoms with Crippen molar-refractivity contribution in [2.45, 2.75) is 24.3 Å². The highest BCUT2D eigenvalue weighted by molar-refractivity contribution is 7.90. The number of nitrogens with zero attached hydrogens (tertiary/aromatic N) is 2. The Labute approximate surface area is 282 Å². The zero-order chi connectivity index (χ0) is 34.4. The van der Waals surface area contributed by atoms with Crippen LogP contribution in [-0.4, -0.2) is 30.6 Å². The minimum absolute atomic E-state index is 0.0550. The molecule has 0 fully saturated rings. The predicted molar refractivity (Wildman–Crippen MR) is 185 cm³/mol. The molecule has 0 amide bonds. The molecular formula is C38H28ClFN2O5S. The largest absolute Gasteiger partial charge is 0.465 e. The number of benzene rings is 5. The molecule has 0 aliphatic carbocycles. The Morgan fingerprint density at radius 3 is 2.27 bits per heavy atom. The van der Waals surface area contributed by atoms with Crippen LogP contribution >= 0.6 is 11.6 Å². The van der Waals surface area contributed by atoms with Crippen molar-refractivity contribution < 1.29 is 27.4 Å². The summed E-state index contributed by atoms with van der Waals surface area (Å²) in [7, 11) is -3.10. The smallest absolute Gasteiger partial charge is 0.337 e. The van der Waals surface area contributed by atoms with Gasteiger partial charge in [0.25, 0.3) is 10.0 Å². The molecule has 10 heteroatoms. The fourth-order valence-corrected chi connectivity index (χ4v) is 7.61. The van der Waals surface area contributed by atoms with Gasteiger partial charge >= 0.3 is 5.97 Å². The zero-order valence-electron chi connectivity index (χ0n) is 26.0. The van der Waals surface area contributed by atoms with Gasteiger partial charge in [-0.15, -0.1) is 0 Å². The Morgan fingerprint density at radius 2 is 1.60 bits per heavy atom. The predicted octanol–water partition coefficient (Wildman–Crippen LogP) is 9.24. The average molecular weight is 679 g/mol. The lowest BCUT2D eigenvalue weighted by Crippen LogP contribution is -2.17. The molecule has 240 valence electrons. The number of ether oxygens (including phenoxy) is 1. The van der Waals surface area contributed by atoms with Crippen LogP contribution in [-0.2, 0) is 20.4 Å². The number of carbonyl (C=O) groups excluding carboxylic acids is 1. The van der Waals surface area contributed by atoms with Crippen molar-refractivity contribution >= 4 is 44.2 Å². The molecule has 0 saturated carbocycles. The first kappa shape index (κ1) is 32.7. The van der Waals surface area contributed by atoms with Gasteiger partial charge in [0.05, 0.1) is 41.0 Å². The van der Waals surface area contributed by atoms with Crippen LogP contribution in [0, 0.1) is 12.4 Å². The third-order valence-electron chi connectivity index (χ3n) is 8.12. The maximum Gasteiger partial charge on any atom is 0.337 e. The molecule has 0 unspecified atom stereocenters. The molecule has 0 bridgehead atoms. The molecule has 1 N–H and O–H groups in total. The molecule has 1 heterocycles. The number of carbonyl (C=O) groups is 1. The highest BCUT2D eigenvalue weighted by Gasteiger charge is 2.30. The van der Waals surface area contributed by atoms with Crippen molar-refractivity contribution in [1.29, 1.82) is 0 Å². The summed E-state index contributed by atoms with van der Waals surface area (Å²) in [5.41, 5.74) is 2.70. The van der Waals surface area contributed by atoms with Gasteiger partial charge in [-0.05, 0) is 79.1 Å². The molecule has 48 heavy (non-hydrogen) atoms. The van der Waals surface area contributed by atoms with Crippen molar-refractivity contribution in [1.82, 2.24) is 3.97 Å². The molecule has 0 aliphatic rings. The molecule has 1 aromatic heterocycles. The molecule has 6 rings (SSSR count). The van der Waals surface area contributed by atoms with E-state index in [-0.39, 0.29) is 32.4 Å². The Bertz CT molecular complexity index is 2390. The lowest BCUT2D eigenvalue weighted by atomic mass is 9.95. The van der Waals surface area contributed by atoms with E-state index in [0.29, 0.717) is 38.8 Å². The van der Waals surface area contributed by atoms with E-state index in [0.717, 1.165) is 0 Å². The van der Waals surface area contributed by atoms with Crippen LogP contribution in [0.25, 0.3) is 49.3 Å². The third-order valence-corrected chi connectivity index (χ3v) is 10.2. The van der Waals surface area contributed by atoms with Gasteiger partial charge < -0.3 is 9.84 Å². The van der Waals surface area contributed by atoms with Crippen LogP contribution < -0.4 is 0 Å². The van der Waals surface area contributed by atoms with Crippen molar-refractivity contribution in [3.63, 3.8) is 0 Å². The van der Waals surface area contributed by atoms with Crippen molar-refractivity contribution in [2.75, 3.05) is 7.11 Å². The van der Waals surface area contributed by atoms with Gasteiger partial charge in [0.1, 0.15) is 5.82 Å². The number of halogens is 2. The van der Waals surface area contributed by atoms with Crippen molar-refractivity contribution in [3.05, 3.63) is 143 Å². The third kappa shape index (κ3) is 5.75. The van der Waals surface area contributed by atoms with E-state index in [1.54, 1.807) is 86.6 Å². The molecule has 0 saturated heterocycles. The highest BCUT2D eigenvalue weighted by Crippen LogP contribution is 2.47. The molecule has 6 aromatic rings. The number of esters is 1. The second-order valence-electron chi connectivity index (χ2n) is 11.6. The van der Waals surface area contributed by atoms with Crippen molar-refractivity contribution in [3.8, 4) is 33.5 Å². The highest BCUT2D eigenvalue weighted by atomic mass is 35.5. The number of para-hydroxylation sites is 1. The summed E-state index contributed by atoms with van der Waals surface area (Å²) in [6, 6.07) is 28.4. The number of methoxy groups -OCH3 is 1. The topological polar surface area (TPSA) is 90.0 Å². The first-order chi connectivity index (χ1) is 22.8. The summed E-state index contributed by atoms with van der Waals surface area (Å²) in [6.45, 7) is 11.1. The Balaban J connectivity index is 1.69. The molecule has 0 radical (unpaired) electrons. The van der Waals surface area contributed by atoms with E-state index in [1.165, 1.54) is 47.5 Å². The van der Waals surface area contributed by atoms with Gasteiger partial charge in [-0.2, -0.15) is 0 Å². The van der Waals surface area contributed by atoms with Gasteiger partial charge in [0.15, 0.2) is 5.69 Å². The number of aliphatic hydroxyl groups is 1. The first-order valence-electron chi connectivity index (χ1n) is 14.7. The quantitative estimate of drug-likeness (QED) is 0.134. The standard InChI is InChI=1S/C38H28ClFN2O5S/c1-38(2,44)26-13-16-28(17-14-26)48(45,46)42-34-19-15-27(40)22-31(34)35(30-10-5-6-11-33(30)41-3)36(42)24-9-7-8-23(20-24)29-18-12-25(21-32(29)39)37(43)47-4/h5-22,44H,1-2,4H3. The van der Waals surface area contributed by atoms with Crippen LogP contribution in [0.3, 0.4) is 0 Å². The van der Waals surface area contributed by atoms with Gasteiger partial charge in [0.2, 0.25) is 0 Å². The first-order valence-corrected chi connectivity index (χ1v) is 16.5. The van der Waals surface area contributed by atoms with Crippen LogP contribution in [0.4, 0.5) is 10.1 Å². The number of hydrogen-bond acceptors (Lipinski definition) is 5. The minimum Gasteiger partial charge on any atom is -0.465 e. The van der Waals surface area contributed by atoms with E-state index in [4.69, 9.17) is 22.9 Å². The lowest BCUT2D eigenvalue weighted by molar-refractivity contribution is 0.0600. The van der Waals surface area contributed by atoms with Gasteiger partial charge in [-0.3, -0.25) is 0 Å². The van der Waals surface area contributed by atoms with Crippen LogP contribution in [0.5, 0.6) is 0 Å². The summed E-state index contributed by atoms with van der Waals surface area (Å²) < 4.78 is 50.4. The molecule has 0 spiro atoms. The summed E-state index contributed by atoms with van der Waals surface area (Å²) in [4.78, 5) is 15.7. The van der Waals surface area contributed by atoms with Crippen LogP contribution in [0.1, 0.15) is 29.8 Å². The number of aromatic nitrogens is 1. The Morgan fingerprint density at radius 1 is 0.896 bits per heavy atom. The van der Waals surface area contributed by atoms with E-state index in [2.05, 4.69) is 4.85 Å². The maximum absolute atomic E-state index is 15.0. The number of fused-ring (bicyclic) bond motifs is 1. The SMILES string of the molecule is [C-]#[N+]c1ccccc1-c1c(-c2cccc(-c3ccc(C(=O)OC)cc3Cl)c2)n(S(=O)(=O)c2ccc(C(C)(C)O)cc2)c2ccc(F)cc12. The summed E-state index contributed by atoms with van der Waals surface area (Å²) in [5.74, 6) is -1.12. The fourth-order valence-electron chi connectivity index (χ4n) is 5.77. The second kappa shape index (κ2) is 12.4. The average Bonchev–Trinajstić information content (AvgIpc) is 3.42. The van der Waals surface area contributed by atoms with E-state index < -0.39 is 27.4 Å². The van der Waals surface area contributed by atoms with E-state index in [9.17, 15) is 22.7 Å². The maximum atomic E-state index is 15.0. The number of rotatable bonds is 7. The zero-order valence-corrected chi connectivity index (χ0v) is 27.6. The number of hydrogen-bond donors (Lipinski definition) is 1. The Kier molecular flexibility index (Phi) is 8.44. The second-order valence-corrected chi connectivity index (χ2v) is 13.8. The van der Waals surface area contributed by atoms with E-state index in [1.807, 2.05) is 0 Å². The summed E-state index contributed by atoms with van der Waals surface area (Å²) in [6.07, 6.45) is 0. The van der Waals surface area contributed by atoms with Crippen molar-refractivity contribution in [2.24, 2.45) is 0 Å². The molecular weight excluding hydrogens is 651 g/mol. The monoisotopic (exact) mass is 678 g/mol. The Hall–Kier alpha value is -5.27.